The van der Waals surface area contributed by atoms with Gasteiger partial charge in [-0.1, -0.05) is 32.9 Å². The van der Waals surface area contributed by atoms with Crippen LogP contribution in [0.1, 0.15) is 66.2 Å². The van der Waals surface area contributed by atoms with Gasteiger partial charge in [0.25, 0.3) is 0 Å². The Bertz CT molecular complexity index is 946. The van der Waals surface area contributed by atoms with Crippen LogP contribution in [-0.2, 0) is 23.8 Å². The Morgan fingerprint density at radius 2 is 2.06 bits per heavy atom. The molecule has 0 saturated heterocycles. The Kier molecular flexibility index (Phi) is 4.57. The Hall–Kier alpha value is -2.08. The first-order chi connectivity index (χ1) is 15.0. The number of carbonyl (C=O) groups is 2. The van der Waals surface area contributed by atoms with Crippen LogP contribution in [0.25, 0.3) is 0 Å². The second-order valence-electron chi connectivity index (χ2n) is 11.3. The first kappa shape index (κ1) is 21.7. The number of aliphatic hydroxyl groups is 1. The molecule has 5 rings (SSSR count). The summed E-state index contributed by atoms with van der Waals surface area (Å²) in [5, 5.41) is 11.8. The van der Waals surface area contributed by atoms with Gasteiger partial charge in [0.2, 0.25) is 0 Å². The zero-order valence-electron chi connectivity index (χ0n) is 19.5. The van der Waals surface area contributed by atoms with Crippen LogP contribution in [0.4, 0.5) is 0 Å². The van der Waals surface area contributed by atoms with Crippen LogP contribution in [0.2, 0.25) is 0 Å². The van der Waals surface area contributed by atoms with E-state index in [0.29, 0.717) is 38.7 Å². The molecule has 0 radical (unpaired) electrons. The van der Waals surface area contributed by atoms with Gasteiger partial charge in [-0.15, -0.1) is 0 Å². The molecule has 0 aromatic rings. The van der Waals surface area contributed by atoms with Crippen molar-refractivity contribution in [3.63, 3.8) is 0 Å². The van der Waals surface area contributed by atoms with Crippen molar-refractivity contribution in [2.75, 3.05) is 6.61 Å². The van der Waals surface area contributed by atoms with Gasteiger partial charge in [-0.3, -0.25) is 4.79 Å². The molecule has 6 heteroatoms. The maximum Gasteiger partial charge on any atom is 0.331 e. The summed E-state index contributed by atoms with van der Waals surface area (Å²) in [6.45, 7) is 8.44. The molecule has 6 nitrogen and oxygen atoms in total. The summed E-state index contributed by atoms with van der Waals surface area (Å²) in [6.07, 6.45) is 13.0. The van der Waals surface area contributed by atoms with Gasteiger partial charge in [0.1, 0.15) is 18.3 Å². The molecule has 6 unspecified atom stereocenters. The molecule has 3 aliphatic carbocycles. The minimum absolute atomic E-state index is 0.212. The number of esters is 2. The number of hydrogen-bond acceptors (Lipinski definition) is 6. The summed E-state index contributed by atoms with van der Waals surface area (Å²) in [5.74, 6) is -0.585. The average Bonchev–Trinajstić information content (AvgIpc) is 3.12. The molecule has 2 saturated carbocycles. The summed E-state index contributed by atoms with van der Waals surface area (Å²) in [6, 6.07) is 0. The maximum absolute atomic E-state index is 12.3. The fourth-order valence-corrected chi connectivity index (χ4v) is 8.33. The highest BCUT2D eigenvalue weighted by Crippen LogP contribution is 2.79. The van der Waals surface area contributed by atoms with E-state index in [-0.39, 0.29) is 23.5 Å². The molecule has 174 valence electrons. The highest BCUT2D eigenvalue weighted by molar-refractivity contribution is 5.85. The van der Waals surface area contributed by atoms with Gasteiger partial charge in [0.15, 0.2) is 0 Å². The first-order valence-corrected chi connectivity index (χ1v) is 11.8. The van der Waals surface area contributed by atoms with E-state index in [9.17, 15) is 14.7 Å². The summed E-state index contributed by atoms with van der Waals surface area (Å²) in [5.41, 5.74) is -1.61. The van der Waals surface area contributed by atoms with Crippen LogP contribution in [0, 0.1) is 21.7 Å². The molecular weight excluding hydrogens is 408 g/mol. The molecule has 2 fully saturated rings. The molecule has 0 aromatic heterocycles. The van der Waals surface area contributed by atoms with Crippen molar-refractivity contribution in [1.29, 1.82) is 0 Å². The van der Waals surface area contributed by atoms with Crippen LogP contribution in [0.15, 0.2) is 36.1 Å². The first-order valence-electron chi connectivity index (χ1n) is 11.8. The molecule has 1 spiro atoms. The van der Waals surface area contributed by atoms with E-state index in [2.05, 4.69) is 39.0 Å². The van der Waals surface area contributed by atoms with E-state index in [4.69, 9.17) is 14.2 Å². The van der Waals surface area contributed by atoms with E-state index >= 15 is 0 Å². The van der Waals surface area contributed by atoms with Crippen LogP contribution >= 0.6 is 0 Å². The van der Waals surface area contributed by atoms with Crippen LogP contribution in [-0.4, -0.2) is 41.5 Å². The minimum Gasteiger partial charge on any atom is -0.494 e. The molecule has 5 aliphatic rings. The number of cyclic esters (lactones) is 1. The standard InChI is InChI=1S/C26H34O6/c1-17(27)32-20-15-23(4)8-5-9-24-19(28)7-10-22(2,3)25(20,24)12-13-31-26(23,24)11-6-18-14-21(29)30-16-18/h5,8,12-14,19-20,28H,6-7,9-11,15-16H2,1-4H3. The van der Waals surface area contributed by atoms with Crippen LogP contribution in [0.5, 0.6) is 0 Å². The molecule has 32 heavy (non-hydrogen) atoms. The summed E-state index contributed by atoms with van der Waals surface area (Å²) < 4.78 is 17.9. The average molecular weight is 443 g/mol. The van der Waals surface area contributed by atoms with Crippen molar-refractivity contribution in [2.24, 2.45) is 21.7 Å². The number of hydrogen-bond donors (Lipinski definition) is 1. The third kappa shape index (κ3) is 2.39. The number of carbonyl (C=O) groups excluding carboxylic acids is 2. The fraction of sp³-hybridized carbons (Fsp3) is 0.692. The maximum atomic E-state index is 12.3. The molecule has 4 bridgehead atoms. The molecule has 0 amide bonds. The summed E-state index contributed by atoms with van der Waals surface area (Å²) in [7, 11) is 0. The van der Waals surface area contributed by atoms with Gasteiger partial charge in [-0.25, -0.2) is 4.79 Å². The lowest BCUT2D eigenvalue weighted by atomic mass is 9.29. The smallest absolute Gasteiger partial charge is 0.331 e. The number of ether oxygens (including phenoxy) is 3. The SMILES string of the molecule is CC(=O)OC1CC2(C)C=CCC34C(O)CCC(C)(C)C13C=COC24CCC1=CC(=O)OC1. The summed E-state index contributed by atoms with van der Waals surface area (Å²) >= 11 is 0. The molecule has 2 heterocycles. The molecule has 0 aromatic carbocycles. The summed E-state index contributed by atoms with van der Waals surface area (Å²) in [4.78, 5) is 23.9. The number of allylic oxidation sites excluding steroid dienone is 1. The molecular formula is C26H34O6. The highest BCUT2D eigenvalue weighted by Gasteiger charge is 2.82. The van der Waals surface area contributed by atoms with Gasteiger partial charge in [-0.05, 0) is 55.6 Å². The van der Waals surface area contributed by atoms with Crippen LogP contribution in [0.3, 0.4) is 0 Å². The van der Waals surface area contributed by atoms with Gasteiger partial charge in [-0.2, -0.15) is 0 Å². The van der Waals surface area contributed by atoms with E-state index in [1.54, 1.807) is 12.3 Å². The molecule has 6 atom stereocenters. The fourth-order valence-electron chi connectivity index (χ4n) is 8.33. The van der Waals surface area contributed by atoms with Gasteiger partial charge >= 0.3 is 11.9 Å². The van der Waals surface area contributed by atoms with E-state index in [1.165, 1.54) is 6.92 Å². The third-order valence-corrected chi connectivity index (χ3v) is 9.58. The predicted molar refractivity (Wildman–Crippen MR) is 117 cm³/mol. The van der Waals surface area contributed by atoms with Gasteiger partial charge in [0, 0.05) is 23.8 Å². The molecule has 2 aliphatic heterocycles. The van der Waals surface area contributed by atoms with Crippen molar-refractivity contribution in [3.05, 3.63) is 36.1 Å². The van der Waals surface area contributed by atoms with Crippen molar-refractivity contribution in [2.45, 2.75) is 84.0 Å². The lowest BCUT2D eigenvalue weighted by molar-refractivity contribution is -0.347. The Morgan fingerprint density at radius 3 is 2.75 bits per heavy atom. The Labute approximate surface area is 189 Å². The largest absolute Gasteiger partial charge is 0.494 e. The van der Waals surface area contributed by atoms with Crippen molar-refractivity contribution >= 4 is 11.9 Å². The predicted octanol–water partition coefficient (Wildman–Crippen LogP) is 3.99. The normalized spacial score (nSPS) is 45.4. The number of rotatable bonds is 4. The van der Waals surface area contributed by atoms with Crippen molar-refractivity contribution in [3.8, 4) is 0 Å². The van der Waals surface area contributed by atoms with Crippen molar-refractivity contribution in [1.82, 2.24) is 0 Å². The minimum atomic E-state index is -0.691. The Balaban J connectivity index is 1.72. The van der Waals surface area contributed by atoms with Gasteiger partial charge < -0.3 is 19.3 Å². The zero-order chi connectivity index (χ0) is 23.0. The monoisotopic (exact) mass is 442 g/mol. The van der Waals surface area contributed by atoms with Gasteiger partial charge in [0.05, 0.1) is 17.8 Å². The topological polar surface area (TPSA) is 82.1 Å². The van der Waals surface area contributed by atoms with E-state index < -0.39 is 27.9 Å². The highest BCUT2D eigenvalue weighted by atomic mass is 16.5. The Morgan fingerprint density at radius 1 is 1.28 bits per heavy atom. The zero-order valence-corrected chi connectivity index (χ0v) is 19.5. The van der Waals surface area contributed by atoms with Crippen molar-refractivity contribution < 1.29 is 28.9 Å². The lowest BCUT2D eigenvalue weighted by Crippen LogP contribution is -2.82. The quantitative estimate of drug-likeness (QED) is 0.524. The van der Waals surface area contributed by atoms with E-state index in [1.807, 2.05) is 0 Å². The molecule has 1 N–H and O–H groups in total. The second kappa shape index (κ2) is 6.72. The van der Waals surface area contributed by atoms with E-state index in [0.717, 1.165) is 12.0 Å². The van der Waals surface area contributed by atoms with Crippen LogP contribution < -0.4 is 0 Å². The second-order valence-corrected chi connectivity index (χ2v) is 11.3. The number of aliphatic hydroxyl groups excluding tert-OH is 1. The lowest BCUT2D eigenvalue weighted by Gasteiger charge is -2.77. The third-order valence-electron chi connectivity index (χ3n) is 9.58.